The van der Waals surface area contributed by atoms with E-state index in [9.17, 15) is 4.79 Å². The van der Waals surface area contributed by atoms with Crippen LogP contribution in [-0.2, 0) is 0 Å². The van der Waals surface area contributed by atoms with Gasteiger partial charge in [-0.1, -0.05) is 5.16 Å². The number of hydrogen-bond acceptors (Lipinski definition) is 4. The molecule has 0 bridgehead atoms. The van der Waals surface area contributed by atoms with Crippen LogP contribution in [0.2, 0.25) is 0 Å². The van der Waals surface area contributed by atoms with E-state index in [1.807, 2.05) is 0 Å². The van der Waals surface area contributed by atoms with Crippen molar-refractivity contribution in [2.45, 2.75) is 25.3 Å². The molecule has 1 saturated heterocycles. The maximum Gasteiger partial charge on any atom is 0.322 e. The molecular weight excluding hydrogens is 272 g/mol. The predicted molar refractivity (Wildman–Crippen MR) is 79.8 cm³/mol. The molecule has 0 spiro atoms. The van der Waals surface area contributed by atoms with Crippen LogP contribution in [0.1, 0.15) is 19.3 Å². The first-order valence-corrected chi connectivity index (χ1v) is 6.85. The Morgan fingerprint density at radius 2 is 2.14 bits per heavy atom. The number of benzene rings is 1. The monoisotopic (exact) mass is 292 g/mol. The third-order valence-electron chi connectivity index (χ3n) is 3.56. The maximum absolute atomic E-state index is 12.3. The van der Waals surface area contributed by atoms with Gasteiger partial charge >= 0.3 is 6.03 Å². The topological polar surface area (TPSA) is 100 Å². The standard InChI is InChI=1S/C14H20N4O3/c1-21-11-7-5-10(6-8-11)16-14(19)18-9-3-2-4-12(18)13(15)17-20/h5-8,12,20H,2-4,9H2,1H3,(H2,15,17)(H,16,19). The molecule has 4 N–H and O–H groups in total. The number of nitrogens with zero attached hydrogens (tertiary/aromatic N) is 2. The summed E-state index contributed by atoms with van der Waals surface area (Å²) < 4.78 is 5.07. The van der Waals surface area contributed by atoms with E-state index in [2.05, 4.69) is 10.5 Å². The second kappa shape index (κ2) is 6.83. The van der Waals surface area contributed by atoms with Crippen LogP contribution < -0.4 is 15.8 Å². The minimum atomic E-state index is -0.359. The number of methoxy groups -OCH3 is 1. The molecule has 1 unspecified atom stereocenters. The highest BCUT2D eigenvalue weighted by atomic mass is 16.5. The van der Waals surface area contributed by atoms with E-state index < -0.39 is 0 Å². The maximum atomic E-state index is 12.3. The largest absolute Gasteiger partial charge is 0.497 e. The molecule has 7 heteroatoms. The fraction of sp³-hybridized carbons (Fsp3) is 0.429. The molecule has 1 aliphatic heterocycles. The molecule has 0 saturated carbocycles. The molecule has 21 heavy (non-hydrogen) atoms. The number of urea groups is 1. The van der Waals surface area contributed by atoms with Crippen LogP contribution in [0.15, 0.2) is 29.4 Å². The van der Waals surface area contributed by atoms with Crippen LogP contribution in [0.5, 0.6) is 5.75 Å². The zero-order valence-electron chi connectivity index (χ0n) is 12.0. The fourth-order valence-corrected chi connectivity index (χ4v) is 2.42. The number of likely N-dealkylation sites (tertiary alicyclic amines) is 1. The van der Waals surface area contributed by atoms with E-state index >= 15 is 0 Å². The fourth-order valence-electron chi connectivity index (χ4n) is 2.42. The lowest BCUT2D eigenvalue weighted by Gasteiger charge is -2.34. The Labute approximate surface area is 123 Å². The zero-order chi connectivity index (χ0) is 15.2. The van der Waals surface area contributed by atoms with Crippen LogP contribution in [0.3, 0.4) is 0 Å². The van der Waals surface area contributed by atoms with Crippen molar-refractivity contribution in [2.24, 2.45) is 10.9 Å². The highest BCUT2D eigenvalue weighted by Crippen LogP contribution is 2.20. The number of amides is 2. The number of hydrogen-bond donors (Lipinski definition) is 3. The van der Waals surface area contributed by atoms with Crippen molar-refractivity contribution >= 4 is 17.6 Å². The summed E-state index contributed by atoms with van der Waals surface area (Å²) in [6.07, 6.45) is 2.56. The van der Waals surface area contributed by atoms with Crippen molar-refractivity contribution in [1.82, 2.24) is 4.90 Å². The molecule has 1 aromatic rings. The van der Waals surface area contributed by atoms with Crippen LogP contribution in [0.25, 0.3) is 0 Å². The van der Waals surface area contributed by atoms with Gasteiger partial charge in [0.15, 0.2) is 5.84 Å². The molecular formula is C14H20N4O3. The Morgan fingerprint density at radius 1 is 1.43 bits per heavy atom. The summed E-state index contributed by atoms with van der Waals surface area (Å²) in [6, 6.07) is 6.45. The Bertz CT molecular complexity index is 515. The lowest BCUT2D eigenvalue weighted by Crippen LogP contribution is -2.52. The third kappa shape index (κ3) is 3.56. The predicted octanol–water partition coefficient (Wildman–Crippen LogP) is 1.83. The SMILES string of the molecule is COc1ccc(NC(=O)N2CCCCC2C(N)=NO)cc1. The van der Waals surface area contributed by atoms with Crippen molar-refractivity contribution in [3.05, 3.63) is 24.3 Å². The number of anilines is 1. The number of ether oxygens (including phenoxy) is 1. The van der Waals surface area contributed by atoms with Crippen LogP contribution in [-0.4, -0.2) is 41.7 Å². The lowest BCUT2D eigenvalue weighted by molar-refractivity contribution is 0.183. The molecule has 0 aliphatic carbocycles. The summed E-state index contributed by atoms with van der Waals surface area (Å²) >= 11 is 0. The number of piperidine rings is 1. The van der Waals surface area contributed by atoms with Crippen molar-refractivity contribution in [3.63, 3.8) is 0 Å². The highest BCUT2D eigenvalue weighted by molar-refractivity contribution is 5.95. The number of carbonyl (C=O) groups is 1. The number of oxime groups is 1. The molecule has 2 amide bonds. The van der Waals surface area contributed by atoms with Crippen molar-refractivity contribution in [3.8, 4) is 5.75 Å². The van der Waals surface area contributed by atoms with Gasteiger partial charge in [0.1, 0.15) is 5.75 Å². The third-order valence-corrected chi connectivity index (χ3v) is 3.56. The van der Waals surface area contributed by atoms with Gasteiger partial charge in [-0.25, -0.2) is 4.79 Å². The number of rotatable bonds is 3. The molecule has 1 aromatic carbocycles. The second-order valence-electron chi connectivity index (χ2n) is 4.89. The van der Waals surface area contributed by atoms with Crippen LogP contribution >= 0.6 is 0 Å². The first-order chi connectivity index (χ1) is 10.2. The van der Waals surface area contributed by atoms with Gasteiger partial charge in [-0.15, -0.1) is 0 Å². The molecule has 1 fully saturated rings. The van der Waals surface area contributed by atoms with Crippen LogP contribution in [0.4, 0.5) is 10.5 Å². The van der Waals surface area contributed by atoms with Gasteiger partial charge in [-0.3, -0.25) is 0 Å². The van der Waals surface area contributed by atoms with Gasteiger partial charge in [0, 0.05) is 12.2 Å². The van der Waals surface area contributed by atoms with E-state index in [0.29, 0.717) is 18.7 Å². The van der Waals surface area contributed by atoms with E-state index in [4.69, 9.17) is 15.7 Å². The van der Waals surface area contributed by atoms with E-state index in [1.54, 1.807) is 36.3 Å². The second-order valence-corrected chi connectivity index (χ2v) is 4.89. The van der Waals surface area contributed by atoms with Gasteiger partial charge in [-0.05, 0) is 43.5 Å². The van der Waals surface area contributed by atoms with Gasteiger partial charge in [-0.2, -0.15) is 0 Å². The van der Waals surface area contributed by atoms with E-state index in [-0.39, 0.29) is 17.9 Å². The molecule has 1 heterocycles. The summed E-state index contributed by atoms with van der Waals surface area (Å²) in [5, 5.41) is 14.7. The summed E-state index contributed by atoms with van der Waals surface area (Å²) in [6.45, 7) is 0.586. The smallest absolute Gasteiger partial charge is 0.322 e. The van der Waals surface area contributed by atoms with Crippen molar-refractivity contribution in [1.29, 1.82) is 0 Å². The Hall–Kier alpha value is -2.44. The Morgan fingerprint density at radius 3 is 2.76 bits per heavy atom. The average Bonchev–Trinajstić information content (AvgIpc) is 2.54. The first-order valence-electron chi connectivity index (χ1n) is 6.85. The highest BCUT2D eigenvalue weighted by Gasteiger charge is 2.29. The molecule has 0 aromatic heterocycles. The molecule has 7 nitrogen and oxygen atoms in total. The average molecular weight is 292 g/mol. The van der Waals surface area contributed by atoms with Gasteiger partial charge in [0.05, 0.1) is 13.2 Å². The summed E-state index contributed by atoms with van der Waals surface area (Å²) in [4.78, 5) is 13.9. The molecule has 1 atom stereocenters. The molecule has 1 aliphatic rings. The summed E-state index contributed by atoms with van der Waals surface area (Å²) in [5.74, 6) is 0.792. The summed E-state index contributed by atoms with van der Waals surface area (Å²) in [7, 11) is 1.59. The Kier molecular flexibility index (Phi) is 4.86. The number of nitrogens with two attached hydrogens (primary N) is 1. The zero-order valence-corrected chi connectivity index (χ0v) is 12.0. The number of carbonyl (C=O) groups excluding carboxylic acids is 1. The molecule has 2 rings (SSSR count). The van der Waals surface area contributed by atoms with Gasteiger partial charge < -0.3 is 25.9 Å². The Balaban J connectivity index is 2.06. The van der Waals surface area contributed by atoms with Crippen molar-refractivity contribution in [2.75, 3.05) is 19.0 Å². The van der Waals surface area contributed by atoms with Crippen LogP contribution in [0, 0.1) is 0 Å². The summed E-state index contributed by atoms with van der Waals surface area (Å²) in [5.41, 5.74) is 6.34. The minimum absolute atomic E-state index is 0.0691. The van der Waals surface area contributed by atoms with E-state index in [0.717, 1.165) is 18.6 Å². The lowest BCUT2D eigenvalue weighted by atomic mass is 10.0. The van der Waals surface area contributed by atoms with E-state index in [1.165, 1.54) is 0 Å². The number of nitrogens with one attached hydrogen (secondary N) is 1. The van der Waals surface area contributed by atoms with Gasteiger partial charge in [0.25, 0.3) is 0 Å². The van der Waals surface area contributed by atoms with Crippen molar-refractivity contribution < 1.29 is 14.7 Å². The molecule has 114 valence electrons. The molecule has 0 radical (unpaired) electrons. The van der Waals surface area contributed by atoms with Gasteiger partial charge in [0.2, 0.25) is 0 Å². The number of amidine groups is 1. The first kappa shape index (κ1) is 15.0. The quantitative estimate of drug-likeness (QED) is 0.342. The normalized spacial score (nSPS) is 19.2. The minimum Gasteiger partial charge on any atom is -0.497 e.